The average Bonchev–Trinajstić information content (AvgIpc) is 3.21. The van der Waals surface area contributed by atoms with Crippen molar-refractivity contribution < 1.29 is 14.3 Å². The SMILES string of the molecule is COc1ccc2cc([C@@H](C)C(=O)O[C@H]3c4cccc5c4n(c(=O)n5Cc4ccccc4)C[C@H]3Br)ccc2c1. The zero-order chi connectivity index (χ0) is 26.4. The smallest absolute Gasteiger partial charge is 0.329 e. The van der Waals surface area contributed by atoms with Gasteiger partial charge in [-0.15, -0.1) is 0 Å². The van der Waals surface area contributed by atoms with Crippen LogP contribution >= 0.6 is 15.9 Å². The second-order valence-corrected chi connectivity index (χ2v) is 10.9. The van der Waals surface area contributed by atoms with Gasteiger partial charge < -0.3 is 9.47 Å². The number of esters is 1. The van der Waals surface area contributed by atoms with Crippen molar-refractivity contribution >= 4 is 43.7 Å². The summed E-state index contributed by atoms with van der Waals surface area (Å²) in [5.41, 5.74) is 4.39. The van der Waals surface area contributed by atoms with E-state index < -0.39 is 12.0 Å². The van der Waals surface area contributed by atoms with E-state index in [1.165, 1.54) is 0 Å². The Kier molecular flexibility index (Phi) is 6.32. The molecule has 0 saturated heterocycles. The van der Waals surface area contributed by atoms with Gasteiger partial charge in [-0.2, -0.15) is 0 Å². The Morgan fingerprint density at radius 2 is 1.76 bits per heavy atom. The first-order chi connectivity index (χ1) is 18.4. The van der Waals surface area contributed by atoms with Gasteiger partial charge in [0.2, 0.25) is 0 Å². The Labute approximate surface area is 228 Å². The highest BCUT2D eigenvalue weighted by molar-refractivity contribution is 9.09. The summed E-state index contributed by atoms with van der Waals surface area (Å²) >= 11 is 3.72. The van der Waals surface area contributed by atoms with Crippen molar-refractivity contribution in [3.8, 4) is 5.75 Å². The lowest BCUT2D eigenvalue weighted by atomic mass is 9.97. The van der Waals surface area contributed by atoms with Crippen LogP contribution in [-0.4, -0.2) is 27.0 Å². The van der Waals surface area contributed by atoms with E-state index >= 15 is 0 Å². The van der Waals surface area contributed by atoms with Crippen molar-refractivity contribution in [2.24, 2.45) is 0 Å². The van der Waals surface area contributed by atoms with Gasteiger partial charge in [0.1, 0.15) is 11.9 Å². The van der Waals surface area contributed by atoms with Crippen molar-refractivity contribution in [3.63, 3.8) is 0 Å². The largest absolute Gasteiger partial charge is 0.497 e. The van der Waals surface area contributed by atoms with Crippen LogP contribution in [-0.2, 0) is 22.6 Å². The number of halogens is 1. The van der Waals surface area contributed by atoms with Gasteiger partial charge in [-0.3, -0.25) is 13.9 Å². The first kappa shape index (κ1) is 24.5. The van der Waals surface area contributed by atoms with Gasteiger partial charge in [0.05, 0.1) is 35.4 Å². The highest BCUT2D eigenvalue weighted by Gasteiger charge is 2.35. The monoisotopic (exact) mass is 570 g/mol. The van der Waals surface area contributed by atoms with E-state index in [-0.39, 0.29) is 16.5 Å². The summed E-state index contributed by atoms with van der Waals surface area (Å²) in [6.45, 7) is 2.76. The number of carbonyl (C=O) groups is 1. The Bertz CT molecular complexity index is 1720. The van der Waals surface area contributed by atoms with Crippen LogP contribution < -0.4 is 10.4 Å². The maximum absolute atomic E-state index is 13.4. The summed E-state index contributed by atoms with van der Waals surface area (Å²) in [6.07, 6.45) is -0.509. The van der Waals surface area contributed by atoms with Gasteiger partial charge in [0.15, 0.2) is 0 Å². The first-order valence-electron chi connectivity index (χ1n) is 12.6. The molecule has 5 aromatic rings. The molecule has 0 saturated carbocycles. The number of methoxy groups -OCH3 is 1. The average molecular weight is 571 g/mol. The highest BCUT2D eigenvalue weighted by atomic mass is 79.9. The van der Waals surface area contributed by atoms with E-state index in [4.69, 9.17) is 9.47 Å². The van der Waals surface area contributed by atoms with Crippen molar-refractivity contribution in [2.45, 2.75) is 36.9 Å². The molecule has 1 aromatic heterocycles. The Hall–Kier alpha value is -3.84. The lowest BCUT2D eigenvalue weighted by Crippen LogP contribution is -2.34. The van der Waals surface area contributed by atoms with Crippen LogP contribution in [0.2, 0.25) is 0 Å². The highest BCUT2D eigenvalue weighted by Crippen LogP contribution is 2.38. The molecule has 4 aromatic carbocycles. The number of hydrogen-bond acceptors (Lipinski definition) is 4. The Morgan fingerprint density at radius 1 is 1.00 bits per heavy atom. The number of nitrogens with zero attached hydrogens (tertiary/aromatic N) is 2. The van der Waals surface area contributed by atoms with Crippen LogP contribution in [0.5, 0.6) is 5.75 Å². The number of fused-ring (bicyclic) bond motifs is 1. The molecule has 0 radical (unpaired) electrons. The van der Waals surface area contributed by atoms with Gasteiger partial charge in [-0.25, -0.2) is 4.79 Å². The van der Waals surface area contributed by atoms with E-state index in [9.17, 15) is 9.59 Å². The lowest BCUT2D eigenvalue weighted by molar-refractivity contribution is -0.151. The fourth-order valence-corrected chi connectivity index (χ4v) is 6.01. The van der Waals surface area contributed by atoms with E-state index in [1.807, 2.05) is 91.9 Å². The van der Waals surface area contributed by atoms with Crippen molar-refractivity contribution in [1.29, 1.82) is 0 Å². The Balaban J connectivity index is 1.31. The molecule has 0 bridgehead atoms. The van der Waals surface area contributed by atoms with Gasteiger partial charge in [-0.05, 0) is 47.0 Å². The summed E-state index contributed by atoms with van der Waals surface area (Å²) in [6, 6.07) is 27.6. The van der Waals surface area contributed by atoms with E-state index in [1.54, 1.807) is 16.2 Å². The van der Waals surface area contributed by atoms with Crippen molar-refractivity contribution in [3.05, 3.63) is 112 Å². The molecule has 0 aliphatic carbocycles. The number of aromatic nitrogens is 2. The zero-order valence-electron chi connectivity index (χ0n) is 21.1. The van der Waals surface area contributed by atoms with Crippen LogP contribution in [0.1, 0.15) is 35.6 Å². The number of hydrogen-bond donors (Lipinski definition) is 0. The number of imidazole rings is 1. The third-order valence-corrected chi connectivity index (χ3v) is 8.18. The van der Waals surface area contributed by atoms with Crippen LogP contribution in [0.4, 0.5) is 0 Å². The number of ether oxygens (including phenoxy) is 2. The normalized spacial score (nSPS) is 17.4. The van der Waals surface area contributed by atoms with Gasteiger partial charge >= 0.3 is 11.7 Å². The molecule has 2 heterocycles. The van der Waals surface area contributed by atoms with Crippen molar-refractivity contribution in [2.75, 3.05) is 7.11 Å². The third kappa shape index (κ3) is 4.21. The standard InChI is InChI=1S/C31H27BrN2O4/c1-19(21-11-12-23-16-24(37-2)14-13-22(23)15-21)30(35)38-29-25-9-6-10-27-28(25)34(18-26(29)32)31(36)33(27)17-20-7-4-3-5-8-20/h3-16,19,26,29H,17-18H2,1-2H3/t19-,26-,29+/m1/s1. The lowest BCUT2D eigenvalue weighted by Gasteiger charge is -2.29. The van der Waals surface area contributed by atoms with Gasteiger partial charge in [0.25, 0.3) is 0 Å². The number of rotatable bonds is 6. The maximum Gasteiger partial charge on any atom is 0.329 e. The molecule has 0 amide bonds. The quantitative estimate of drug-likeness (QED) is 0.181. The minimum absolute atomic E-state index is 0.0632. The second kappa shape index (κ2) is 9.80. The molecular formula is C31H27BrN2O4. The number of alkyl halides is 1. The summed E-state index contributed by atoms with van der Waals surface area (Å²) < 4.78 is 15.1. The fourth-order valence-electron chi connectivity index (χ4n) is 5.33. The Morgan fingerprint density at radius 3 is 2.55 bits per heavy atom. The zero-order valence-corrected chi connectivity index (χ0v) is 22.7. The number of benzene rings is 4. The number of carbonyl (C=O) groups excluding carboxylic acids is 1. The van der Waals surface area contributed by atoms with E-state index in [0.717, 1.165) is 44.2 Å². The molecule has 1 aliphatic heterocycles. The minimum atomic E-state index is -0.509. The van der Waals surface area contributed by atoms with Gasteiger partial charge in [0, 0.05) is 12.1 Å². The predicted molar refractivity (Wildman–Crippen MR) is 152 cm³/mol. The third-order valence-electron chi connectivity index (χ3n) is 7.41. The fraction of sp³-hybridized carbons (Fsp3) is 0.226. The summed E-state index contributed by atoms with van der Waals surface area (Å²) in [5, 5.41) is 2.08. The summed E-state index contributed by atoms with van der Waals surface area (Å²) in [7, 11) is 1.65. The number of para-hydroxylation sites is 1. The van der Waals surface area contributed by atoms with Crippen LogP contribution in [0.3, 0.4) is 0 Å². The summed E-state index contributed by atoms with van der Waals surface area (Å²) in [5.74, 6) is 0.0413. The molecule has 3 atom stereocenters. The minimum Gasteiger partial charge on any atom is -0.497 e. The van der Waals surface area contributed by atoms with Crippen LogP contribution in [0, 0.1) is 0 Å². The molecule has 7 heteroatoms. The second-order valence-electron chi connectivity index (χ2n) is 9.75. The van der Waals surface area contributed by atoms with Crippen LogP contribution in [0.25, 0.3) is 21.8 Å². The summed E-state index contributed by atoms with van der Waals surface area (Å²) in [4.78, 5) is 26.6. The molecule has 1 aliphatic rings. The molecule has 38 heavy (non-hydrogen) atoms. The van der Waals surface area contributed by atoms with E-state index in [2.05, 4.69) is 15.9 Å². The molecular weight excluding hydrogens is 544 g/mol. The van der Waals surface area contributed by atoms with Crippen molar-refractivity contribution in [1.82, 2.24) is 9.13 Å². The molecule has 0 unspecified atom stereocenters. The van der Waals surface area contributed by atoms with Gasteiger partial charge in [-0.1, -0.05) is 82.7 Å². The molecule has 0 N–H and O–H groups in total. The first-order valence-corrected chi connectivity index (χ1v) is 13.5. The maximum atomic E-state index is 13.4. The molecule has 0 spiro atoms. The van der Waals surface area contributed by atoms with E-state index in [0.29, 0.717) is 13.1 Å². The topological polar surface area (TPSA) is 62.5 Å². The molecule has 0 fully saturated rings. The molecule has 6 nitrogen and oxygen atoms in total. The van der Waals surface area contributed by atoms with Crippen LogP contribution in [0.15, 0.2) is 89.7 Å². The molecule has 192 valence electrons. The predicted octanol–water partition coefficient (Wildman–Crippen LogP) is 6.18. The molecule has 6 rings (SSSR count).